The summed E-state index contributed by atoms with van der Waals surface area (Å²) in [4.78, 5) is 12.3. The second kappa shape index (κ2) is 10.3. The maximum absolute atomic E-state index is 12.3. The van der Waals surface area contributed by atoms with Crippen molar-refractivity contribution in [3.8, 4) is 28.4 Å². The topological polar surface area (TPSA) is 88.7 Å². The van der Waals surface area contributed by atoms with E-state index in [9.17, 15) is 9.90 Å². The van der Waals surface area contributed by atoms with Crippen LogP contribution in [0, 0.1) is 0 Å². The number of nitrogens with one attached hydrogen (secondary N) is 1. The van der Waals surface area contributed by atoms with Crippen LogP contribution >= 0.6 is 0 Å². The quantitative estimate of drug-likeness (QED) is 0.304. The molecule has 4 rings (SSSR count). The smallest absolute Gasteiger partial charge is 0.271 e. The van der Waals surface area contributed by atoms with Gasteiger partial charge in [-0.25, -0.2) is 10.1 Å². The second-order valence-corrected chi connectivity index (χ2v) is 7.33. The minimum Gasteiger partial charge on any atom is -0.508 e. The molecule has 0 bridgehead atoms. The lowest BCUT2D eigenvalue weighted by atomic mass is 10.1. The fourth-order valence-electron chi connectivity index (χ4n) is 3.19. The molecule has 0 spiro atoms. The number of carbonyl (C=O) groups is 1. The van der Waals surface area contributed by atoms with Crippen LogP contribution in [0.3, 0.4) is 0 Å². The molecule has 1 aromatic heterocycles. The van der Waals surface area contributed by atoms with E-state index in [-0.39, 0.29) is 11.7 Å². The average Bonchev–Trinajstić information content (AvgIpc) is 3.28. The van der Waals surface area contributed by atoms with Crippen molar-refractivity contribution < 1.29 is 14.6 Å². The Morgan fingerprint density at radius 2 is 1.79 bits per heavy atom. The fourth-order valence-corrected chi connectivity index (χ4v) is 3.19. The first-order valence-electron chi connectivity index (χ1n) is 10.6. The normalized spacial score (nSPS) is 10.9. The molecule has 0 aliphatic heterocycles. The van der Waals surface area contributed by atoms with Gasteiger partial charge in [0.2, 0.25) is 0 Å². The van der Waals surface area contributed by atoms with Gasteiger partial charge in [0, 0.05) is 22.9 Å². The van der Waals surface area contributed by atoms with Gasteiger partial charge in [-0.3, -0.25) is 4.79 Å². The molecule has 2 N–H and O–H groups in total. The summed E-state index contributed by atoms with van der Waals surface area (Å²) in [5, 5.41) is 18.3. The van der Waals surface area contributed by atoms with Gasteiger partial charge in [0.15, 0.2) is 0 Å². The molecule has 0 saturated carbocycles. The van der Waals surface area contributed by atoms with Gasteiger partial charge < -0.3 is 9.84 Å². The first-order chi connectivity index (χ1) is 16.1. The van der Waals surface area contributed by atoms with Gasteiger partial charge in [0.1, 0.15) is 17.2 Å². The van der Waals surface area contributed by atoms with Crippen LogP contribution in [0.5, 0.6) is 11.5 Å². The summed E-state index contributed by atoms with van der Waals surface area (Å²) in [7, 11) is 0. The number of benzene rings is 3. The van der Waals surface area contributed by atoms with E-state index in [1.165, 1.54) is 24.3 Å². The van der Waals surface area contributed by atoms with E-state index in [0.717, 1.165) is 34.7 Å². The van der Waals surface area contributed by atoms with Crippen LogP contribution in [0.4, 0.5) is 0 Å². The zero-order chi connectivity index (χ0) is 23.0. The monoisotopic (exact) mass is 440 g/mol. The summed E-state index contributed by atoms with van der Waals surface area (Å²) in [5.41, 5.74) is 6.20. The molecule has 1 amide bonds. The highest BCUT2D eigenvalue weighted by Gasteiger charge is 2.12. The van der Waals surface area contributed by atoms with Crippen molar-refractivity contribution in [1.29, 1.82) is 0 Å². The Balaban J connectivity index is 1.60. The van der Waals surface area contributed by atoms with Crippen LogP contribution in [0.15, 0.2) is 90.2 Å². The summed E-state index contributed by atoms with van der Waals surface area (Å²) in [5.74, 6) is 0.527. The number of rotatable bonds is 8. The van der Waals surface area contributed by atoms with Crippen molar-refractivity contribution in [2.45, 2.75) is 13.3 Å². The van der Waals surface area contributed by atoms with Crippen LogP contribution in [0.2, 0.25) is 0 Å². The van der Waals surface area contributed by atoms with Gasteiger partial charge in [-0.05, 0) is 67.1 Å². The number of nitrogens with zero attached hydrogens (tertiary/aromatic N) is 3. The molecule has 0 aliphatic carbocycles. The first kappa shape index (κ1) is 21.8. The van der Waals surface area contributed by atoms with Crippen LogP contribution in [0.1, 0.15) is 29.3 Å². The van der Waals surface area contributed by atoms with Gasteiger partial charge >= 0.3 is 0 Å². The van der Waals surface area contributed by atoms with Gasteiger partial charge in [-0.1, -0.05) is 25.1 Å². The van der Waals surface area contributed by atoms with Gasteiger partial charge in [-0.2, -0.15) is 10.2 Å². The number of ether oxygens (including phenoxy) is 1. The summed E-state index contributed by atoms with van der Waals surface area (Å²) in [6, 6.07) is 23.5. The highest BCUT2D eigenvalue weighted by atomic mass is 16.5. The van der Waals surface area contributed by atoms with Crippen LogP contribution in [0.25, 0.3) is 16.9 Å². The molecule has 0 unspecified atom stereocenters. The Morgan fingerprint density at radius 1 is 1.06 bits per heavy atom. The third-order valence-electron chi connectivity index (χ3n) is 4.86. The average molecular weight is 441 g/mol. The molecule has 1 heterocycles. The lowest BCUT2D eigenvalue weighted by Gasteiger charge is -2.05. The summed E-state index contributed by atoms with van der Waals surface area (Å²) in [6.07, 6.45) is 4.38. The molecular formula is C26H24N4O3. The molecule has 0 fully saturated rings. The standard InChI is InChI=1S/C26H24N4O3/c1-2-16-33-24-14-10-19(11-15-24)25-21(18-30(29-25)22-6-4-3-5-7-22)17-27-28-26(32)20-8-12-23(31)13-9-20/h3-15,17-18,31H,2,16H2,1H3,(H,28,32)/b27-17-. The molecule has 33 heavy (non-hydrogen) atoms. The number of aromatic nitrogens is 2. The number of para-hydroxylation sites is 1. The van der Waals surface area contributed by atoms with E-state index < -0.39 is 0 Å². The molecule has 7 heteroatoms. The number of hydrogen-bond donors (Lipinski definition) is 2. The molecule has 3 aromatic carbocycles. The van der Waals surface area contributed by atoms with E-state index >= 15 is 0 Å². The maximum atomic E-state index is 12.3. The number of carbonyl (C=O) groups excluding carboxylic acids is 1. The number of phenolic OH excluding ortho intramolecular Hbond substituents is 1. The molecular weight excluding hydrogens is 416 g/mol. The van der Waals surface area contributed by atoms with Gasteiger partial charge in [0.25, 0.3) is 5.91 Å². The molecule has 0 radical (unpaired) electrons. The van der Waals surface area contributed by atoms with E-state index in [4.69, 9.17) is 9.84 Å². The number of hydrazone groups is 1. The molecule has 7 nitrogen and oxygen atoms in total. The van der Waals surface area contributed by atoms with Crippen molar-refractivity contribution in [2.75, 3.05) is 6.61 Å². The molecule has 0 aliphatic rings. The van der Waals surface area contributed by atoms with Gasteiger partial charge in [-0.15, -0.1) is 0 Å². The molecule has 0 atom stereocenters. The minimum absolute atomic E-state index is 0.0964. The van der Waals surface area contributed by atoms with Crippen LogP contribution in [-0.2, 0) is 0 Å². The largest absolute Gasteiger partial charge is 0.508 e. The zero-order valence-electron chi connectivity index (χ0n) is 18.2. The van der Waals surface area contributed by atoms with Crippen molar-refractivity contribution in [3.63, 3.8) is 0 Å². The number of phenols is 1. The lowest BCUT2D eigenvalue weighted by molar-refractivity contribution is 0.0955. The fraction of sp³-hybridized carbons (Fsp3) is 0.115. The Morgan fingerprint density at radius 3 is 2.48 bits per heavy atom. The minimum atomic E-state index is -0.374. The Bertz CT molecular complexity index is 1230. The predicted molar refractivity (Wildman–Crippen MR) is 128 cm³/mol. The molecule has 166 valence electrons. The van der Waals surface area contributed by atoms with Crippen LogP contribution in [-0.4, -0.2) is 33.6 Å². The highest BCUT2D eigenvalue weighted by Crippen LogP contribution is 2.25. The lowest BCUT2D eigenvalue weighted by Crippen LogP contribution is -2.17. The molecule has 0 saturated heterocycles. The van der Waals surface area contributed by atoms with Crippen molar-refractivity contribution >= 4 is 12.1 Å². The first-order valence-corrected chi connectivity index (χ1v) is 10.6. The van der Waals surface area contributed by atoms with Crippen molar-refractivity contribution in [1.82, 2.24) is 15.2 Å². The maximum Gasteiger partial charge on any atom is 0.271 e. The second-order valence-electron chi connectivity index (χ2n) is 7.33. The SMILES string of the molecule is CCCOc1ccc(-c2nn(-c3ccccc3)cc2/C=N\NC(=O)c2ccc(O)cc2)cc1. The highest BCUT2D eigenvalue weighted by molar-refractivity contribution is 5.95. The summed E-state index contributed by atoms with van der Waals surface area (Å²) < 4.78 is 7.45. The van der Waals surface area contributed by atoms with Crippen molar-refractivity contribution in [2.24, 2.45) is 5.10 Å². The van der Waals surface area contributed by atoms with Crippen LogP contribution < -0.4 is 10.2 Å². The number of hydrogen-bond acceptors (Lipinski definition) is 5. The van der Waals surface area contributed by atoms with Crippen molar-refractivity contribution in [3.05, 3.63) is 96.2 Å². The summed E-state index contributed by atoms with van der Waals surface area (Å²) in [6.45, 7) is 2.73. The number of aromatic hydroxyl groups is 1. The van der Waals surface area contributed by atoms with E-state index in [0.29, 0.717) is 12.2 Å². The zero-order valence-corrected chi connectivity index (χ0v) is 18.2. The Labute approximate surface area is 192 Å². The number of amides is 1. The van der Waals surface area contributed by atoms with E-state index in [1.54, 1.807) is 10.9 Å². The predicted octanol–water partition coefficient (Wildman–Crippen LogP) is 4.80. The van der Waals surface area contributed by atoms with E-state index in [2.05, 4.69) is 17.5 Å². The van der Waals surface area contributed by atoms with E-state index in [1.807, 2.05) is 60.8 Å². The molecule has 4 aromatic rings. The van der Waals surface area contributed by atoms with Gasteiger partial charge in [0.05, 0.1) is 18.5 Å². The third kappa shape index (κ3) is 5.46. The summed E-state index contributed by atoms with van der Waals surface area (Å²) >= 11 is 0. The Hall–Kier alpha value is -4.39. The Kier molecular flexibility index (Phi) is 6.80. The third-order valence-corrected chi connectivity index (χ3v) is 4.86.